The van der Waals surface area contributed by atoms with Crippen LogP contribution >= 0.6 is 12.2 Å². The maximum atomic E-state index is 12.6. The Morgan fingerprint density at radius 2 is 2.15 bits per heavy atom. The van der Waals surface area contributed by atoms with Gasteiger partial charge in [-0.15, -0.1) is 0 Å². The molecule has 0 bridgehead atoms. The minimum atomic E-state index is -4.55. The number of nitrogens with zero attached hydrogens (tertiary/aromatic N) is 1. The molecule has 112 valence electrons. The van der Waals surface area contributed by atoms with Crippen LogP contribution in [0.4, 0.5) is 19.0 Å². The molecule has 9 heteroatoms. The number of aromatic nitrogens is 1. The zero-order valence-corrected chi connectivity index (χ0v) is 12.5. The SMILES string of the molecule is CC(CNc1nc(C(F)(F)F)ccc1C(N)=S)S(C)=O. The lowest BCUT2D eigenvalue weighted by Gasteiger charge is -2.15. The van der Waals surface area contributed by atoms with Crippen molar-refractivity contribution in [3.8, 4) is 0 Å². The molecular formula is C11H14F3N3OS2. The molecule has 1 aromatic rings. The summed E-state index contributed by atoms with van der Waals surface area (Å²) >= 11 is 4.77. The van der Waals surface area contributed by atoms with Gasteiger partial charge < -0.3 is 11.1 Å². The normalized spacial score (nSPS) is 14.7. The molecular weight excluding hydrogens is 311 g/mol. The van der Waals surface area contributed by atoms with Crippen LogP contribution in [0.5, 0.6) is 0 Å². The molecule has 4 nitrogen and oxygen atoms in total. The van der Waals surface area contributed by atoms with Crippen molar-refractivity contribution in [1.82, 2.24) is 4.98 Å². The summed E-state index contributed by atoms with van der Waals surface area (Å²) < 4.78 is 49.1. The second-order valence-electron chi connectivity index (χ2n) is 4.14. The first kappa shape index (κ1) is 16.8. The average molecular weight is 325 g/mol. The lowest BCUT2D eigenvalue weighted by molar-refractivity contribution is -0.141. The number of pyridine rings is 1. The van der Waals surface area contributed by atoms with Crippen LogP contribution in [0.2, 0.25) is 0 Å². The Balaban J connectivity index is 3.07. The number of thiocarbonyl (C=S) groups is 1. The van der Waals surface area contributed by atoms with Gasteiger partial charge in [0.1, 0.15) is 16.5 Å². The Labute approximate surface area is 122 Å². The molecule has 2 unspecified atom stereocenters. The number of hydrogen-bond acceptors (Lipinski definition) is 4. The van der Waals surface area contributed by atoms with Crippen LogP contribution in [0.25, 0.3) is 0 Å². The molecule has 0 amide bonds. The molecule has 1 aromatic heterocycles. The number of nitrogens with two attached hydrogens (primary N) is 1. The van der Waals surface area contributed by atoms with Gasteiger partial charge in [-0.1, -0.05) is 12.2 Å². The Kier molecular flexibility index (Phi) is 5.46. The molecule has 1 heterocycles. The van der Waals surface area contributed by atoms with Gasteiger partial charge in [-0.3, -0.25) is 4.21 Å². The van der Waals surface area contributed by atoms with E-state index >= 15 is 0 Å². The minimum Gasteiger partial charge on any atom is -0.389 e. The van der Waals surface area contributed by atoms with Crippen molar-refractivity contribution >= 4 is 33.8 Å². The molecule has 0 aliphatic rings. The monoisotopic (exact) mass is 325 g/mol. The van der Waals surface area contributed by atoms with Gasteiger partial charge in [0.25, 0.3) is 0 Å². The van der Waals surface area contributed by atoms with Crippen molar-refractivity contribution in [2.75, 3.05) is 18.1 Å². The fourth-order valence-electron chi connectivity index (χ4n) is 1.31. The maximum absolute atomic E-state index is 12.6. The fraction of sp³-hybridized carbons (Fsp3) is 0.455. The van der Waals surface area contributed by atoms with Crippen LogP contribution in [0.3, 0.4) is 0 Å². The molecule has 20 heavy (non-hydrogen) atoms. The average Bonchev–Trinajstić information content (AvgIpc) is 2.34. The summed E-state index contributed by atoms with van der Waals surface area (Å²) in [7, 11) is -1.10. The first-order valence-corrected chi connectivity index (χ1v) is 7.60. The van der Waals surface area contributed by atoms with E-state index in [0.29, 0.717) is 0 Å². The third-order valence-electron chi connectivity index (χ3n) is 2.57. The zero-order chi connectivity index (χ0) is 15.5. The van der Waals surface area contributed by atoms with E-state index in [1.165, 1.54) is 12.3 Å². The highest BCUT2D eigenvalue weighted by Gasteiger charge is 2.33. The van der Waals surface area contributed by atoms with Gasteiger partial charge in [0, 0.05) is 28.9 Å². The van der Waals surface area contributed by atoms with E-state index in [4.69, 9.17) is 18.0 Å². The second-order valence-corrected chi connectivity index (χ2v) is 6.39. The van der Waals surface area contributed by atoms with E-state index in [1.54, 1.807) is 6.92 Å². The lowest BCUT2D eigenvalue weighted by atomic mass is 10.2. The van der Waals surface area contributed by atoms with Gasteiger partial charge in [0.05, 0.1) is 5.56 Å². The number of alkyl halides is 3. The number of rotatable bonds is 5. The highest BCUT2D eigenvalue weighted by molar-refractivity contribution is 7.84. The van der Waals surface area contributed by atoms with Crippen LogP contribution in [0, 0.1) is 0 Å². The van der Waals surface area contributed by atoms with Crippen molar-refractivity contribution < 1.29 is 17.4 Å². The molecule has 0 saturated heterocycles. The van der Waals surface area contributed by atoms with E-state index in [1.807, 2.05) is 0 Å². The highest BCUT2D eigenvalue weighted by atomic mass is 32.2. The van der Waals surface area contributed by atoms with E-state index in [0.717, 1.165) is 6.07 Å². The Bertz CT molecular complexity index is 534. The van der Waals surface area contributed by atoms with Crippen LogP contribution in [-0.2, 0) is 17.0 Å². The van der Waals surface area contributed by atoms with Crippen molar-refractivity contribution in [1.29, 1.82) is 0 Å². The van der Waals surface area contributed by atoms with Crippen LogP contribution < -0.4 is 11.1 Å². The number of hydrogen-bond donors (Lipinski definition) is 2. The topological polar surface area (TPSA) is 68.0 Å². The summed E-state index contributed by atoms with van der Waals surface area (Å²) in [4.78, 5) is 3.44. The van der Waals surface area contributed by atoms with Crippen molar-refractivity contribution in [2.24, 2.45) is 5.73 Å². The quantitative estimate of drug-likeness (QED) is 0.810. The summed E-state index contributed by atoms with van der Waals surface area (Å²) in [6.07, 6.45) is -3.04. The summed E-state index contributed by atoms with van der Waals surface area (Å²) in [5, 5.41) is 2.47. The summed E-state index contributed by atoms with van der Waals surface area (Å²) in [6.45, 7) is 1.91. The first-order valence-electron chi connectivity index (χ1n) is 5.57. The van der Waals surface area contributed by atoms with Gasteiger partial charge in [-0.25, -0.2) is 4.98 Å². The molecule has 1 rings (SSSR count). The van der Waals surface area contributed by atoms with E-state index < -0.39 is 22.7 Å². The molecule has 2 atom stereocenters. The van der Waals surface area contributed by atoms with Gasteiger partial charge >= 0.3 is 6.18 Å². The van der Waals surface area contributed by atoms with Gasteiger partial charge in [0.15, 0.2) is 0 Å². The molecule has 0 radical (unpaired) electrons. The van der Waals surface area contributed by atoms with E-state index in [-0.39, 0.29) is 28.2 Å². The Morgan fingerprint density at radius 3 is 2.60 bits per heavy atom. The predicted molar refractivity (Wildman–Crippen MR) is 77.1 cm³/mol. The molecule has 0 aliphatic carbocycles. The predicted octanol–water partition coefficient (Wildman–Crippen LogP) is 1.91. The van der Waals surface area contributed by atoms with Gasteiger partial charge in [0.2, 0.25) is 0 Å². The molecule has 0 fully saturated rings. The standard InChI is InChI=1S/C11H14F3N3OS2/c1-6(20(2)18)5-16-10-7(9(15)19)3-4-8(17-10)11(12,13)14/h3-4,6H,5H2,1-2H3,(H2,15,19)(H,16,17). The second kappa shape index (κ2) is 6.49. The molecule has 0 saturated carbocycles. The molecule has 0 aliphatic heterocycles. The van der Waals surface area contributed by atoms with Crippen LogP contribution in [0.1, 0.15) is 18.2 Å². The third kappa shape index (κ3) is 4.41. The highest BCUT2D eigenvalue weighted by Crippen LogP contribution is 2.29. The zero-order valence-electron chi connectivity index (χ0n) is 10.8. The van der Waals surface area contributed by atoms with Crippen molar-refractivity contribution in [3.63, 3.8) is 0 Å². The molecule has 0 spiro atoms. The summed E-state index contributed by atoms with van der Waals surface area (Å²) in [6, 6.07) is 2.00. The minimum absolute atomic E-state index is 0.0513. The number of halogens is 3. The Morgan fingerprint density at radius 1 is 1.55 bits per heavy atom. The van der Waals surface area contributed by atoms with Crippen molar-refractivity contribution in [3.05, 3.63) is 23.4 Å². The largest absolute Gasteiger partial charge is 0.433 e. The third-order valence-corrected chi connectivity index (χ3v) is 4.09. The lowest BCUT2D eigenvalue weighted by Crippen LogP contribution is -2.24. The summed E-state index contributed by atoms with van der Waals surface area (Å²) in [5.41, 5.74) is 4.64. The first-order chi connectivity index (χ1) is 9.12. The number of nitrogens with one attached hydrogen (secondary N) is 1. The molecule has 0 aromatic carbocycles. The van der Waals surface area contributed by atoms with Crippen molar-refractivity contribution in [2.45, 2.75) is 18.3 Å². The van der Waals surface area contributed by atoms with Crippen LogP contribution in [-0.4, -0.2) is 32.2 Å². The number of anilines is 1. The smallest absolute Gasteiger partial charge is 0.389 e. The molecule has 3 N–H and O–H groups in total. The maximum Gasteiger partial charge on any atom is 0.433 e. The van der Waals surface area contributed by atoms with Gasteiger partial charge in [-0.05, 0) is 19.1 Å². The fourth-order valence-corrected chi connectivity index (χ4v) is 1.79. The van der Waals surface area contributed by atoms with Gasteiger partial charge in [-0.2, -0.15) is 13.2 Å². The Hall–Kier alpha value is -1.22. The van der Waals surface area contributed by atoms with E-state index in [9.17, 15) is 17.4 Å². The van der Waals surface area contributed by atoms with Crippen LogP contribution in [0.15, 0.2) is 12.1 Å². The van der Waals surface area contributed by atoms with E-state index in [2.05, 4.69) is 10.3 Å². The summed E-state index contributed by atoms with van der Waals surface area (Å²) in [5.74, 6) is -0.0513.